The average Bonchev–Trinajstić information content (AvgIpc) is 2.66. The van der Waals surface area contributed by atoms with Crippen molar-refractivity contribution in [3.63, 3.8) is 0 Å². The summed E-state index contributed by atoms with van der Waals surface area (Å²) in [7, 11) is 0. The molecular weight excluding hydrogens is 330 g/mol. The summed E-state index contributed by atoms with van der Waals surface area (Å²) in [6.45, 7) is 0.488. The van der Waals surface area contributed by atoms with Crippen molar-refractivity contribution in [1.29, 1.82) is 0 Å². The van der Waals surface area contributed by atoms with Crippen LogP contribution in [0.4, 0.5) is 0 Å². The van der Waals surface area contributed by atoms with Crippen LogP contribution in [0.5, 0.6) is 5.75 Å². The number of hydrogen-bond donors (Lipinski definition) is 2. The van der Waals surface area contributed by atoms with Crippen LogP contribution in [0.15, 0.2) is 71.5 Å². The fourth-order valence-electron chi connectivity index (χ4n) is 2.68. The molecule has 0 radical (unpaired) electrons. The molecule has 132 valence electrons. The summed E-state index contributed by atoms with van der Waals surface area (Å²) in [6.07, 6.45) is 1.26. The highest BCUT2D eigenvalue weighted by atomic mass is 16.5. The second kappa shape index (κ2) is 8.16. The molecule has 0 unspecified atom stereocenters. The van der Waals surface area contributed by atoms with Crippen molar-refractivity contribution in [2.45, 2.75) is 19.4 Å². The van der Waals surface area contributed by atoms with Crippen LogP contribution in [0.2, 0.25) is 0 Å². The standard InChI is InChI=1S/C21H19NO4/c23-20-18(21(24)25)13-12-17(22-20)11-10-16-8-4-5-9-19(16)26-14-15-6-2-1-3-7-15/h1-9,12-13H,10-11,14H2,(H,22,23)(H,24,25). The number of carbonyl (C=O) groups is 1. The first kappa shape index (κ1) is 17.5. The average molecular weight is 349 g/mol. The Morgan fingerprint density at radius 2 is 1.65 bits per heavy atom. The normalized spacial score (nSPS) is 10.5. The van der Waals surface area contributed by atoms with E-state index in [9.17, 15) is 9.59 Å². The number of aromatic amines is 1. The van der Waals surface area contributed by atoms with E-state index in [-0.39, 0.29) is 5.56 Å². The zero-order valence-electron chi connectivity index (χ0n) is 14.1. The largest absolute Gasteiger partial charge is 0.489 e. The van der Waals surface area contributed by atoms with Gasteiger partial charge in [0.05, 0.1) is 0 Å². The van der Waals surface area contributed by atoms with Crippen molar-refractivity contribution in [2.75, 3.05) is 0 Å². The summed E-state index contributed by atoms with van der Waals surface area (Å²) in [5, 5.41) is 8.92. The van der Waals surface area contributed by atoms with E-state index in [2.05, 4.69) is 4.98 Å². The number of H-pyrrole nitrogens is 1. The lowest BCUT2D eigenvalue weighted by atomic mass is 10.1. The summed E-state index contributed by atoms with van der Waals surface area (Å²) in [6, 6.07) is 20.7. The van der Waals surface area contributed by atoms with E-state index >= 15 is 0 Å². The van der Waals surface area contributed by atoms with E-state index in [1.54, 1.807) is 6.07 Å². The quantitative estimate of drug-likeness (QED) is 0.685. The molecule has 2 N–H and O–H groups in total. The minimum atomic E-state index is -1.22. The zero-order chi connectivity index (χ0) is 18.4. The van der Waals surface area contributed by atoms with Crippen LogP contribution in [-0.4, -0.2) is 16.1 Å². The van der Waals surface area contributed by atoms with Crippen molar-refractivity contribution in [3.05, 3.63) is 99.5 Å². The third-order valence-electron chi connectivity index (χ3n) is 4.07. The van der Waals surface area contributed by atoms with Crippen LogP contribution < -0.4 is 10.3 Å². The molecule has 0 fully saturated rings. The molecule has 0 amide bonds. The van der Waals surface area contributed by atoms with Gasteiger partial charge in [-0.1, -0.05) is 48.5 Å². The summed E-state index contributed by atoms with van der Waals surface area (Å²) in [5.74, 6) is -0.418. The Morgan fingerprint density at radius 1 is 0.923 bits per heavy atom. The summed E-state index contributed by atoms with van der Waals surface area (Å²) < 4.78 is 5.94. The fourth-order valence-corrected chi connectivity index (χ4v) is 2.68. The summed E-state index contributed by atoms with van der Waals surface area (Å²) >= 11 is 0. The second-order valence-electron chi connectivity index (χ2n) is 5.91. The molecule has 0 aliphatic carbocycles. The number of carboxylic acid groups (broad SMARTS) is 1. The smallest absolute Gasteiger partial charge is 0.341 e. The molecule has 1 aromatic heterocycles. The van der Waals surface area contributed by atoms with Crippen molar-refractivity contribution in [1.82, 2.24) is 4.98 Å². The molecule has 0 spiro atoms. The molecule has 0 bridgehead atoms. The Kier molecular flexibility index (Phi) is 5.49. The maximum absolute atomic E-state index is 11.8. The topological polar surface area (TPSA) is 79.4 Å². The Bertz CT molecular complexity index is 947. The highest BCUT2D eigenvalue weighted by Gasteiger charge is 2.09. The first-order chi connectivity index (χ1) is 12.6. The monoisotopic (exact) mass is 349 g/mol. The van der Waals surface area contributed by atoms with Crippen molar-refractivity contribution < 1.29 is 14.6 Å². The van der Waals surface area contributed by atoms with Crippen molar-refractivity contribution in [2.24, 2.45) is 0 Å². The van der Waals surface area contributed by atoms with E-state index in [0.717, 1.165) is 16.9 Å². The Morgan fingerprint density at radius 3 is 2.38 bits per heavy atom. The molecular formula is C21H19NO4. The van der Waals surface area contributed by atoms with Crippen LogP contribution in [0.3, 0.4) is 0 Å². The number of pyridine rings is 1. The van der Waals surface area contributed by atoms with Gasteiger partial charge in [0.25, 0.3) is 5.56 Å². The lowest BCUT2D eigenvalue weighted by Crippen LogP contribution is -2.18. The maximum Gasteiger partial charge on any atom is 0.341 e. The van der Waals surface area contributed by atoms with Gasteiger partial charge in [0.15, 0.2) is 0 Å². The van der Waals surface area contributed by atoms with Gasteiger partial charge >= 0.3 is 5.97 Å². The van der Waals surface area contributed by atoms with Gasteiger partial charge in [-0.25, -0.2) is 4.79 Å². The number of benzene rings is 2. The SMILES string of the molecule is O=C(O)c1ccc(CCc2ccccc2OCc2ccccc2)[nH]c1=O. The minimum Gasteiger partial charge on any atom is -0.489 e. The molecule has 0 saturated heterocycles. The van der Waals surface area contributed by atoms with Gasteiger partial charge in [-0.2, -0.15) is 0 Å². The fraction of sp³-hybridized carbons (Fsp3) is 0.143. The van der Waals surface area contributed by atoms with E-state index in [1.807, 2.05) is 54.6 Å². The Hall–Kier alpha value is -3.34. The molecule has 1 heterocycles. The van der Waals surface area contributed by atoms with Crippen LogP contribution in [0, 0.1) is 0 Å². The number of hydrogen-bond acceptors (Lipinski definition) is 3. The van der Waals surface area contributed by atoms with Crippen LogP contribution >= 0.6 is 0 Å². The predicted octanol–water partition coefficient (Wildman–Crippen LogP) is 3.44. The highest BCUT2D eigenvalue weighted by Crippen LogP contribution is 2.21. The number of ether oxygens (including phenoxy) is 1. The van der Waals surface area contributed by atoms with Gasteiger partial charge in [0, 0.05) is 5.69 Å². The number of carboxylic acids is 1. The molecule has 0 aliphatic rings. The van der Waals surface area contributed by atoms with Crippen molar-refractivity contribution in [3.8, 4) is 5.75 Å². The Labute approximate surface area is 150 Å². The molecule has 5 nitrogen and oxygen atoms in total. The Balaban J connectivity index is 1.68. The second-order valence-corrected chi connectivity index (χ2v) is 5.91. The third-order valence-corrected chi connectivity index (χ3v) is 4.07. The molecule has 26 heavy (non-hydrogen) atoms. The van der Waals surface area contributed by atoms with E-state index in [1.165, 1.54) is 6.07 Å². The number of para-hydroxylation sites is 1. The van der Waals surface area contributed by atoms with Gasteiger partial charge in [-0.3, -0.25) is 4.79 Å². The highest BCUT2D eigenvalue weighted by molar-refractivity contribution is 5.86. The molecule has 0 saturated carbocycles. The summed E-state index contributed by atoms with van der Waals surface area (Å²) in [5.41, 5.74) is 1.99. The molecule has 2 aromatic carbocycles. The predicted molar refractivity (Wildman–Crippen MR) is 98.6 cm³/mol. The number of aryl methyl sites for hydroxylation is 2. The molecule has 3 aromatic rings. The molecule has 0 atom stereocenters. The van der Waals surface area contributed by atoms with Crippen LogP contribution in [0.25, 0.3) is 0 Å². The lowest BCUT2D eigenvalue weighted by molar-refractivity contribution is 0.0695. The van der Waals surface area contributed by atoms with E-state index < -0.39 is 11.5 Å². The molecule has 3 rings (SSSR count). The molecule has 5 heteroatoms. The van der Waals surface area contributed by atoms with Gasteiger partial charge in [-0.15, -0.1) is 0 Å². The number of aromatic nitrogens is 1. The van der Waals surface area contributed by atoms with Crippen molar-refractivity contribution >= 4 is 5.97 Å². The lowest BCUT2D eigenvalue weighted by Gasteiger charge is -2.11. The van der Waals surface area contributed by atoms with Gasteiger partial charge in [0.1, 0.15) is 17.9 Å². The first-order valence-corrected chi connectivity index (χ1v) is 8.33. The van der Waals surface area contributed by atoms with Gasteiger partial charge in [-0.05, 0) is 42.2 Å². The number of aromatic carboxylic acids is 1. The third kappa shape index (κ3) is 4.39. The number of rotatable bonds is 7. The number of nitrogens with one attached hydrogen (secondary N) is 1. The van der Waals surface area contributed by atoms with Crippen LogP contribution in [-0.2, 0) is 19.4 Å². The van der Waals surface area contributed by atoms with Gasteiger partial charge < -0.3 is 14.8 Å². The zero-order valence-corrected chi connectivity index (χ0v) is 14.1. The first-order valence-electron chi connectivity index (χ1n) is 8.33. The van der Waals surface area contributed by atoms with Gasteiger partial charge in [0.2, 0.25) is 0 Å². The summed E-state index contributed by atoms with van der Waals surface area (Å²) in [4.78, 5) is 25.3. The molecule has 0 aliphatic heterocycles. The maximum atomic E-state index is 11.8. The minimum absolute atomic E-state index is 0.250. The van der Waals surface area contributed by atoms with E-state index in [0.29, 0.717) is 25.1 Å². The van der Waals surface area contributed by atoms with E-state index in [4.69, 9.17) is 9.84 Å². The van der Waals surface area contributed by atoms with Crippen LogP contribution in [0.1, 0.15) is 27.2 Å².